The van der Waals surface area contributed by atoms with E-state index in [-0.39, 0.29) is 5.28 Å². The zero-order chi connectivity index (χ0) is 14.7. The van der Waals surface area contributed by atoms with Crippen molar-refractivity contribution >= 4 is 23.5 Å². The van der Waals surface area contributed by atoms with Gasteiger partial charge in [-0.1, -0.05) is 26.2 Å². The molecule has 0 amide bonds. The molecular weight excluding hydrogens is 286 g/mol. The summed E-state index contributed by atoms with van der Waals surface area (Å²) >= 11 is 6.05. The van der Waals surface area contributed by atoms with E-state index in [0.29, 0.717) is 17.8 Å². The van der Waals surface area contributed by atoms with Gasteiger partial charge < -0.3 is 10.2 Å². The molecule has 1 saturated carbocycles. The molecule has 0 aromatic carbocycles. The van der Waals surface area contributed by atoms with E-state index in [2.05, 4.69) is 32.1 Å². The highest BCUT2D eigenvalue weighted by molar-refractivity contribution is 6.28. The zero-order valence-corrected chi connectivity index (χ0v) is 13.4. The molecule has 1 N–H and O–H groups in total. The second-order valence-corrected chi connectivity index (χ2v) is 6.66. The van der Waals surface area contributed by atoms with Crippen LogP contribution in [0.4, 0.5) is 11.9 Å². The van der Waals surface area contributed by atoms with Gasteiger partial charge in [-0.15, -0.1) is 0 Å². The van der Waals surface area contributed by atoms with E-state index in [1.807, 2.05) is 0 Å². The van der Waals surface area contributed by atoms with Crippen molar-refractivity contribution < 1.29 is 0 Å². The second kappa shape index (κ2) is 6.77. The van der Waals surface area contributed by atoms with Crippen LogP contribution in [-0.2, 0) is 0 Å². The lowest BCUT2D eigenvalue weighted by Gasteiger charge is -2.28. The Morgan fingerprint density at radius 1 is 1.10 bits per heavy atom. The van der Waals surface area contributed by atoms with Crippen molar-refractivity contribution in [1.82, 2.24) is 15.0 Å². The van der Waals surface area contributed by atoms with Gasteiger partial charge in [0.05, 0.1) is 0 Å². The van der Waals surface area contributed by atoms with E-state index in [1.54, 1.807) is 0 Å². The van der Waals surface area contributed by atoms with Crippen LogP contribution in [0, 0.1) is 11.8 Å². The summed E-state index contributed by atoms with van der Waals surface area (Å²) in [5.74, 6) is 2.83. The van der Waals surface area contributed by atoms with Gasteiger partial charge in [0, 0.05) is 19.6 Å². The van der Waals surface area contributed by atoms with Crippen LogP contribution in [0.2, 0.25) is 5.28 Å². The Morgan fingerprint density at radius 3 is 2.62 bits per heavy atom. The third kappa shape index (κ3) is 3.76. The minimum Gasteiger partial charge on any atom is -0.354 e. The fourth-order valence-corrected chi connectivity index (χ4v) is 3.55. The highest BCUT2D eigenvalue weighted by Crippen LogP contribution is 2.29. The van der Waals surface area contributed by atoms with Crippen molar-refractivity contribution in [2.24, 2.45) is 11.8 Å². The van der Waals surface area contributed by atoms with Crippen molar-refractivity contribution in [3.05, 3.63) is 5.28 Å². The largest absolute Gasteiger partial charge is 0.354 e. The van der Waals surface area contributed by atoms with Gasteiger partial charge >= 0.3 is 0 Å². The molecule has 1 aliphatic heterocycles. The molecule has 0 radical (unpaired) electrons. The fourth-order valence-electron chi connectivity index (χ4n) is 3.40. The van der Waals surface area contributed by atoms with E-state index < -0.39 is 0 Å². The average molecular weight is 310 g/mol. The lowest BCUT2D eigenvalue weighted by molar-refractivity contribution is 0.268. The van der Waals surface area contributed by atoms with Crippen LogP contribution in [0.25, 0.3) is 0 Å². The molecule has 3 rings (SSSR count). The smallest absolute Gasteiger partial charge is 0.231 e. The van der Waals surface area contributed by atoms with Crippen molar-refractivity contribution in [2.45, 2.75) is 45.4 Å². The Balaban J connectivity index is 1.64. The highest BCUT2D eigenvalue weighted by Gasteiger charge is 2.22. The number of rotatable bonds is 4. The van der Waals surface area contributed by atoms with Crippen LogP contribution in [-0.4, -0.2) is 34.6 Å². The third-order valence-electron chi connectivity index (χ3n) is 4.80. The summed E-state index contributed by atoms with van der Waals surface area (Å²) in [6.45, 7) is 5.31. The Hall–Kier alpha value is -1.10. The number of nitrogens with zero attached hydrogens (tertiary/aromatic N) is 4. The van der Waals surface area contributed by atoms with Gasteiger partial charge in [-0.25, -0.2) is 0 Å². The standard InChI is InChI=1S/C15H24ClN5/c1-11-6-2-3-7-12(11)10-17-14-18-13(16)19-15(20-14)21-8-4-5-9-21/h11-12H,2-10H2,1H3,(H,17,18,19,20). The number of hydrogen-bond donors (Lipinski definition) is 1. The predicted molar refractivity (Wildman–Crippen MR) is 85.9 cm³/mol. The second-order valence-electron chi connectivity index (χ2n) is 6.32. The first kappa shape index (κ1) is 14.8. The topological polar surface area (TPSA) is 53.9 Å². The van der Waals surface area contributed by atoms with Crippen LogP contribution in [0.1, 0.15) is 45.4 Å². The normalized spacial score (nSPS) is 26.1. The first-order chi connectivity index (χ1) is 10.2. The Morgan fingerprint density at radius 2 is 1.86 bits per heavy atom. The minimum atomic E-state index is 0.283. The predicted octanol–water partition coefficient (Wildman–Crippen LogP) is 3.36. The van der Waals surface area contributed by atoms with Gasteiger partial charge in [0.2, 0.25) is 17.2 Å². The van der Waals surface area contributed by atoms with E-state index in [4.69, 9.17) is 11.6 Å². The molecule has 5 nitrogen and oxygen atoms in total. The van der Waals surface area contributed by atoms with Crippen LogP contribution in [0.15, 0.2) is 0 Å². The third-order valence-corrected chi connectivity index (χ3v) is 4.97. The maximum absolute atomic E-state index is 6.05. The van der Waals surface area contributed by atoms with E-state index in [1.165, 1.54) is 38.5 Å². The molecule has 2 unspecified atom stereocenters. The van der Waals surface area contributed by atoms with Crippen LogP contribution >= 0.6 is 11.6 Å². The minimum absolute atomic E-state index is 0.283. The number of anilines is 2. The number of aromatic nitrogens is 3. The van der Waals surface area contributed by atoms with E-state index in [0.717, 1.165) is 25.6 Å². The Labute approximate surface area is 131 Å². The van der Waals surface area contributed by atoms with Crippen LogP contribution in [0.5, 0.6) is 0 Å². The van der Waals surface area contributed by atoms with Gasteiger partial charge in [-0.2, -0.15) is 15.0 Å². The molecule has 2 aliphatic rings. The summed E-state index contributed by atoms with van der Waals surface area (Å²) < 4.78 is 0. The maximum Gasteiger partial charge on any atom is 0.231 e. The van der Waals surface area contributed by atoms with E-state index >= 15 is 0 Å². The Kier molecular flexibility index (Phi) is 4.78. The summed E-state index contributed by atoms with van der Waals surface area (Å²) in [6, 6.07) is 0. The lowest BCUT2D eigenvalue weighted by atomic mass is 9.80. The van der Waals surface area contributed by atoms with Crippen LogP contribution in [0.3, 0.4) is 0 Å². The molecule has 1 saturated heterocycles. The number of nitrogens with one attached hydrogen (secondary N) is 1. The van der Waals surface area contributed by atoms with Gasteiger partial charge in [0.15, 0.2) is 0 Å². The van der Waals surface area contributed by atoms with Crippen molar-refractivity contribution in [3.8, 4) is 0 Å². The molecule has 116 valence electrons. The fraction of sp³-hybridized carbons (Fsp3) is 0.800. The summed E-state index contributed by atoms with van der Waals surface area (Å²) in [7, 11) is 0. The maximum atomic E-state index is 6.05. The molecule has 1 aliphatic carbocycles. The average Bonchev–Trinajstić information content (AvgIpc) is 3.00. The summed E-state index contributed by atoms with van der Waals surface area (Å²) in [6.07, 6.45) is 7.74. The first-order valence-electron chi connectivity index (χ1n) is 8.13. The first-order valence-corrected chi connectivity index (χ1v) is 8.50. The lowest BCUT2D eigenvalue weighted by Crippen LogP contribution is -2.26. The summed E-state index contributed by atoms with van der Waals surface area (Å²) in [5.41, 5.74) is 0. The number of halogens is 1. The molecule has 2 heterocycles. The molecule has 1 aromatic rings. The zero-order valence-electron chi connectivity index (χ0n) is 12.7. The summed E-state index contributed by atoms with van der Waals surface area (Å²) in [5, 5.41) is 3.66. The van der Waals surface area contributed by atoms with Crippen molar-refractivity contribution in [3.63, 3.8) is 0 Å². The van der Waals surface area contributed by atoms with Crippen molar-refractivity contribution in [2.75, 3.05) is 29.9 Å². The molecule has 0 bridgehead atoms. The van der Waals surface area contributed by atoms with Gasteiger partial charge in [-0.3, -0.25) is 0 Å². The quantitative estimate of drug-likeness (QED) is 0.924. The molecule has 21 heavy (non-hydrogen) atoms. The van der Waals surface area contributed by atoms with Crippen LogP contribution < -0.4 is 10.2 Å². The highest BCUT2D eigenvalue weighted by atomic mass is 35.5. The van der Waals surface area contributed by atoms with Gasteiger partial charge in [0.1, 0.15) is 0 Å². The molecule has 2 fully saturated rings. The van der Waals surface area contributed by atoms with Crippen molar-refractivity contribution in [1.29, 1.82) is 0 Å². The molecule has 2 atom stereocenters. The molecule has 6 heteroatoms. The molecule has 0 spiro atoms. The summed E-state index contributed by atoms with van der Waals surface area (Å²) in [4.78, 5) is 15.2. The SMILES string of the molecule is CC1CCCCC1CNc1nc(Cl)nc(N2CCCC2)n1. The molecular formula is C15H24ClN5. The van der Waals surface area contributed by atoms with Gasteiger partial charge in [0.25, 0.3) is 0 Å². The Bertz CT molecular complexity index is 475. The van der Waals surface area contributed by atoms with E-state index in [9.17, 15) is 0 Å². The number of hydrogen-bond acceptors (Lipinski definition) is 5. The van der Waals surface area contributed by atoms with Gasteiger partial charge in [-0.05, 0) is 42.7 Å². The monoisotopic (exact) mass is 309 g/mol. The molecule has 1 aromatic heterocycles.